The van der Waals surface area contributed by atoms with Crippen molar-refractivity contribution in [2.75, 3.05) is 31.1 Å². The molecule has 6 nitrogen and oxygen atoms in total. The molecule has 0 saturated carbocycles. The Morgan fingerprint density at radius 1 is 0.900 bits per heavy atom. The summed E-state index contributed by atoms with van der Waals surface area (Å²) in [5, 5.41) is 0. The van der Waals surface area contributed by atoms with Gasteiger partial charge < -0.3 is 14.4 Å². The Kier molecular flexibility index (Phi) is 5.10. The van der Waals surface area contributed by atoms with Gasteiger partial charge in [-0.05, 0) is 62.6 Å². The molecule has 1 aliphatic rings. The van der Waals surface area contributed by atoms with E-state index in [0.29, 0.717) is 18.6 Å². The van der Waals surface area contributed by atoms with Crippen LogP contribution in [0.25, 0.3) is 11.0 Å². The Hall–Kier alpha value is -3.15. The molecule has 1 fully saturated rings. The summed E-state index contributed by atoms with van der Waals surface area (Å²) >= 11 is 0. The van der Waals surface area contributed by atoms with E-state index in [1.807, 2.05) is 26.0 Å². The van der Waals surface area contributed by atoms with E-state index in [4.69, 9.17) is 0 Å². The van der Waals surface area contributed by atoms with Crippen LogP contribution in [0.1, 0.15) is 32.7 Å². The summed E-state index contributed by atoms with van der Waals surface area (Å²) in [6, 6.07) is 10.3. The van der Waals surface area contributed by atoms with Crippen molar-refractivity contribution in [3.63, 3.8) is 0 Å². The average Bonchev–Trinajstić information content (AvgIpc) is 2.72. The number of piperazine rings is 1. The third kappa shape index (κ3) is 3.47. The van der Waals surface area contributed by atoms with E-state index in [0.717, 1.165) is 29.7 Å². The van der Waals surface area contributed by atoms with Crippen LogP contribution < -0.4 is 10.5 Å². The maximum absolute atomic E-state index is 13.2. The van der Waals surface area contributed by atoms with Gasteiger partial charge in [0.15, 0.2) is 5.69 Å². The lowest BCUT2D eigenvalue weighted by Gasteiger charge is -2.36. The fourth-order valence-corrected chi connectivity index (χ4v) is 4.18. The van der Waals surface area contributed by atoms with Crippen molar-refractivity contribution < 1.29 is 4.79 Å². The maximum atomic E-state index is 13.2. The number of amides is 1. The Morgan fingerprint density at radius 3 is 2.23 bits per heavy atom. The fourth-order valence-electron chi connectivity index (χ4n) is 4.18. The molecule has 1 saturated heterocycles. The Balaban J connectivity index is 1.58. The molecule has 3 aromatic rings. The van der Waals surface area contributed by atoms with Gasteiger partial charge in [0.05, 0.1) is 11.0 Å². The van der Waals surface area contributed by atoms with E-state index < -0.39 is 0 Å². The van der Waals surface area contributed by atoms with Crippen LogP contribution >= 0.6 is 0 Å². The summed E-state index contributed by atoms with van der Waals surface area (Å²) in [6.45, 7) is 10.8. The second kappa shape index (κ2) is 7.59. The van der Waals surface area contributed by atoms with E-state index in [1.54, 1.807) is 11.9 Å². The van der Waals surface area contributed by atoms with Crippen LogP contribution in [0.2, 0.25) is 0 Å². The molecular formula is C24H28N4O2. The minimum atomic E-state index is -0.340. The molecule has 0 N–H and O–H groups in total. The SMILES string of the molecule is Cc1ccc(N2CCN(C(=O)c3nc4cc(C)c(C)cc4n(C)c3=O)CC2)c(C)c1. The first-order chi connectivity index (χ1) is 14.3. The summed E-state index contributed by atoms with van der Waals surface area (Å²) in [6.07, 6.45) is 0. The second-order valence-electron chi connectivity index (χ2n) is 8.32. The molecule has 1 amide bonds. The molecule has 0 spiro atoms. The largest absolute Gasteiger partial charge is 0.368 e. The first kappa shape index (κ1) is 20.1. The zero-order valence-corrected chi connectivity index (χ0v) is 18.3. The van der Waals surface area contributed by atoms with E-state index in [2.05, 4.69) is 41.9 Å². The van der Waals surface area contributed by atoms with Crippen molar-refractivity contribution in [3.05, 3.63) is 68.6 Å². The van der Waals surface area contributed by atoms with Gasteiger partial charge in [0.2, 0.25) is 0 Å². The molecule has 1 aliphatic heterocycles. The van der Waals surface area contributed by atoms with Crippen LogP contribution in [0.4, 0.5) is 5.69 Å². The molecule has 2 heterocycles. The number of hydrogen-bond donors (Lipinski definition) is 0. The van der Waals surface area contributed by atoms with Crippen molar-refractivity contribution in [2.24, 2.45) is 7.05 Å². The van der Waals surface area contributed by atoms with Crippen molar-refractivity contribution in [1.82, 2.24) is 14.5 Å². The zero-order valence-electron chi connectivity index (χ0n) is 18.3. The lowest BCUT2D eigenvalue weighted by molar-refractivity contribution is 0.0738. The highest BCUT2D eigenvalue weighted by Crippen LogP contribution is 2.23. The number of benzene rings is 2. The lowest BCUT2D eigenvalue weighted by Crippen LogP contribution is -2.50. The third-order valence-electron chi connectivity index (χ3n) is 6.15. The van der Waals surface area contributed by atoms with Gasteiger partial charge in [-0.2, -0.15) is 0 Å². The van der Waals surface area contributed by atoms with E-state index in [1.165, 1.54) is 21.4 Å². The highest BCUT2D eigenvalue weighted by Gasteiger charge is 2.26. The number of carbonyl (C=O) groups excluding carboxylic acids is 1. The van der Waals surface area contributed by atoms with Crippen LogP contribution in [-0.2, 0) is 7.05 Å². The number of aryl methyl sites for hydroxylation is 5. The van der Waals surface area contributed by atoms with E-state index >= 15 is 0 Å². The van der Waals surface area contributed by atoms with Gasteiger partial charge >= 0.3 is 0 Å². The molecule has 0 unspecified atom stereocenters. The molecule has 0 aliphatic carbocycles. The molecule has 4 rings (SSSR count). The molecule has 6 heteroatoms. The standard InChI is InChI=1S/C24H28N4O2/c1-15-6-7-20(18(4)12-15)27-8-10-28(11-9-27)24(30)22-23(29)26(5)21-14-17(3)16(2)13-19(21)25-22/h6-7,12-14H,8-11H2,1-5H3. The highest BCUT2D eigenvalue weighted by molar-refractivity contribution is 5.94. The molecule has 2 aromatic carbocycles. The van der Waals surface area contributed by atoms with Gasteiger partial charge in [-0.1, -0.05) is 17.7 Å². The predicted molar refractivity (Wildman–Crippen MR) is 120 cm³/mol. The molecular weight excluding hydrogens is 376 g/mol. The van der Waals surface area contributed by atoms with Gasteiger partial charge in [0.1, 0.15) is 0 Å². The van der Waals surface area contributed by atoms with Crippen LogP contribution in [0, 0.1) is 27.7 Å². The van der Waals surface area contributed by atoms with Gasteiger partial charge in [-0.3, -0.25) is 9.59 Å². The number of carbonyl (C=O) groups is 1. The fraction of sp³-hybridized carbons (Fsp3) is 0.375. The summed E-state index contributed by atoms with van der Waals surface area (Å²) in [4.78, 5) is 34.5. The van der Waals surface area contributed by atoms with Crippen LogP contribution in [0.5, 0.6) is 0 Å². The number of aromatic nitrogens is 2. The predicted octanol–water partition coefficient (Wildman–Crippen LogP) is 3.13. The second-order valence-corrected chi connectivity index (χ2v) is 8.32. The summed E-state index contributed by atoms with van der Waals surface area (Å²) in [5.74, 6) is -0.281. The van der Waals surface area contributed by atoms with Crippen molar-refractivity contribution in [2.45, 2.75) is 27.7 Å². The molecule has 30 heavy (non-hydrogen) atoms. The average molecular weight is 405 g/mol. The number of hydrogen-bond acceptors (Lipinski definition) is 4. The Labute approximate surface area is 176 Å². The maximum Gasteiger partial charge on any atom is 0.282 e. The summed E-state index contributed by atoms with van der Waals surface area (Å²) < 4.78 is 1.54. The van der Waals surface area contributed by atoms with Crippen molar-refractivity contribution in [3.8, 4) is 0 Å². The molecule has 0 radical (unpaired) electrons. The molecule has 1 aromatic heterocycles. The lowest BCUT2D eigenvalue weighted by atomic mass is 10.1. The Bertz CT molecular complexity index is 1200. The van der Waals surface area contributed by atoms with Gasteiger partial charge in [-0.15, -0.1) is 0 Å². The first-order valence-electron chi connectivity index (χ1n) is 10.4. The number of anilines is 1. The monoisotopic (exact) mass is 404 g/mol. The van der Waals surface area contributed by atoms with Gasteiger partial charge in [0, 0.05) is 38.9 Å². The topological polar surface area (TPSA) is 58.4 Å². The van der Waals surface area contributed by atoms with Crippen LogP contribution in [-0.4, -0.2) is 46.5 Å². The van der Waals surface area contributed by atoms with Crippen LogP contribution in [0.3, 0.4) is 0 Å². The molecule has 0 bridgehead atoms. The van der Waals surface area contributed by atoms with Crippen molar-refractivity contribution >= 4 is 22.6 Å². The normalized spacial score (nSPS) is 14.4. The van der Waals surface area contributed by atoms with Crippen LogP contribution in [0.15, 0.2) is 35.1 Å². The number of fused-ring (bicyclic) bond motifs is 1. The Morgan fingerprint density at radius 2 is 1.57 bits per heavy atom. The quantitative estimate of drug-likeness (QED) is 0.659. The van der Waals surface area contributed by atoms with E-state index in [-0.39, 0.29) is 17.2 Å². The first-order valence-corrected chi connectivity index (χ1v) is 10.4. The molecule has 0 atom stereocenters. The van der Waals surface area contributed by atoms with Gasteiger partial charge in [-0.25, -0.2) is 4.98 Å². The van der Waals surface area contributed by atoms with Crippen molar-refractivity contribution in [1.29, 1.82) is 0 Å². The summed E-state index contributed by atoms with van der Waals surface area (Å²) in [5.41, 5.74) is 6.98. The summed E-state index contributed by atoms with van der Waals surface area (Å²) in [7, 11) is 1.70. The highest BCUT2D eigenvalue weighted by atomic mass is 16.2. The minimum Gasteiger partial charge on any atom is -0.368 e. The van der Waals surface area contributed by atoms with E-state index in [9.17, 15) is 9.59 Å². The third-order valence-corrected chi connectivity index (χ3v) is 6.15. The minimum absolute atomic E-state index is 0.00761. The smallest absolute Gasteiger partial charge is 0.282 e. The number of nitrogens with zero attached hydrogens (tertiary/aromatic N) is 4. The zero-order chi connectivity index (χ0) is 21.6. The number of rotatable bonds is 2. The van der Waals surface area contributed by atoms with Gasteiger partial charge in [0.25, 0.3) is 11.5 Å². The molecule has 156 valence electrons.